The second kappa shape index (κ2) is 10.0. The van der Waals surface area contributed by atoms with Gasteiger partial charge in [-0.05, 0) is 45.9 Å². The van der Waals surface area contributed by atoms with Gasteiger partial charge in [0.2, 0.25) is 0 Å². The topological polar surface area (TPSA) is 36.9 Å². The first-order valence-corrected chi connectivity index (χ1v) is 10.0. The van der Waals surface area contributed by atoms with E-state index in [4.69, 9.17) is 18.0 Å². The van der Waals surface area contributed by atoms with Crippen LogP contribution in [-0.4, -0.2) is 40.8 Å². The van der Waals surface area contributed by atoms with Crippen LogP contribution in [-0.2, 0) is 18.0 Å². The maximum atomic E-state index is 6.01. The van der Waals surface area contributed by atoms with Crippen molar-refractivity contribution in [2.45, 2.75) is 40.2 Å². The fourth-order valence-electron chi connectivity index (χ4n) is 1.97. The Balaban J connectivity index is 2.73. The molecule has 0 N–H and O–H groups in total. The van der Waals surface area contributed by atoms with Crippen LogP contribution in [0.15, 0.2) is 36.0 Å². The minimum atomic E-state index is -2.84. The molecule has 0 atom stereocenters. The minimum absolute atomic E-state index is 0.176. The standard InChI is InChI=1S/C18H30O4Si/c1-6-20-23(21-7-2,22-15-14-19-18(3,4)5)16-13-17-11-9-8-10-12-17/h8-13,16H,6-7,14-15H2,1-5H3. The van der Waals surface area contributed by atoms with Gasteiger partial charge >= 0.3 is 8.80 Å². The third-order valence-electron chi connectivity index (χ3n) is 2.89. The fourth-order valence-corrected chi connectivity index (χ4v) is 4.07. The monoisotopic (exact) mass is 338 g/mol. The molecule has 0 unspecified atom stereocenters. The zero-order chi connectivity index (χ0) is 17.2. The lowest BCUT2D eigenvalue weighted by Crippen LogP contribution is -2.45. The van der Waals surface area contributed by atoms with Crippen LogP contribution in [0.25, 0.3) is 6.08 Å². The first kappa shape index (κ1) is 20.1. The Morgan fingerprint density at radius 2 is 1.52 bits per heavy atom. The average Bonchev–Trinajstić information content (AvgIpc) is 2.50. The van der Waals surface area contributed by atoms with Crippen molar-refractivity contribution in [3.8, 4) is 0 Å². The van der Waals surface area contributed by atoms with E-state index in [0.29, 0.717) is 26.4 Å². The van der Waals surface area contributed by atoms with Gasteiger partial charge in [0.1, 0.15) is 0 Å². The predicted molar refractivity (Wildman–Crippen MR) is 96.1 cm³/mol. The molecule has 0 radical (unpaired) electrons. The lowest BCUT2D eigenvalue weighted by atomic mass is 10.2. The Kier molecular flexibility index (Phi) is 8.72. The molecule has 0 spiro atoms. The third-order valence-corrected chi connectivity index (χ3v) is 5.46. The molecule has 130 valence electrons. The molecule has 0 saturated carbocycles. The van der Waals surface area contributed by atoms with E-state index in [-0.39, 0.29) is 5.60 Å². The van der Waals surface area contributed by atoms with Gasteiger partial charge in [-0.1, -0.05) is 36.4 Å². The number of benzene rings is 1. The smallest absolute Gasteiger partial charge is 0.374 e. The third kappa shape index (κ3) is 8.44. The van der Waals surface area contributed by atoms with Gasteiger partial charge in [-0.15, -0.1) is 0 Å². The van der Waals surface area contributed by atoms with Crippen LogP contribution >= 0.6 is 0 Å². The van der Waals surface area contributed by atoms with E-state index < -0.39 is 8.80 Å². The lowest BCUT2D eigenvalue weighted by molar-refractivity contribution is -0.0293. The van der Waals surface area contributed by atoms with Gasteiger partial charge in [0.15, 0.2) is 0 Å². The van der Waals surface area contributed by atoms with E-state index in [0.717, 1.165) is 5.56 Å². The van der Waals surface area contributed by atoms with Crippen molar-refractivity contribution in [3.63, 3.8) is 0 Å². The summed E-state index contributed by atoms with van der Waals surface area (Å²) >= 11 is 0. The van der Waals surface area contributed by atoms with Crippen molar-refractivity contribution in [1.82, 2.24) is 0 Å². The molecule has 5 heteroatoms. The summed E-state index contributed by atoms with van der Waals surface area (Å²) in [6.45, 7) is 12.0. The lowest BCUT2D eigenvalue weighted by Gasteiger charge is -2.27. The van der Waals surface area contributed by atoms with Crippen molar-refractivity contribution < 1.29 is 18.0 Å². The maximum absolute atomic E-state index is 6.01. The van der Waals surface area contributed by atoms with Crippen molar-refractivity contribution in [2.24, 2.45) is 0 Å². The van der Waals surface area contributed by atoms with Crippen LogP contribution in [0.2, 0.25) is 0 Å². The molecular formula is C18H30O4Si. The number of ether oxygens (including phenoxy) is 1. The molecule has 1 aromatic rings. The highest BCUT2D eigenvalue weighted by molar-refractivity contribution is 6.67. The second-order valence-electron chi connectivity index (χ2n) is 6.02. The summed E-state index contributed by atoms with van der Waals surface area (Å²) in [6, 6.07) is 10.1. The number of rotatable bonds is 10. The average molecular weight is 339 g/mol. The zero-order valence-electron chi connectivity index (χ0n) is 15.0. The quantitative estimate of drug-likeness (QED) is 0.476. The highest BCUT2D eigenvalue weighted by atomic mass is 28.4. The normalized spacial score (nSPS) is 12.9. The van der Waals surface area contributed by atoms with Gasteiger partial charge in [0.25, 0.3) is 0 Å². The molecule has 0 bridgehead atoms. The second-order valence-corrected chi connectivity index (χ2v) is 8.43. The summed E-state index contributed by atoms with van der Waals surface area (Å²) in [5, 5.41) is 0. The van der Waals surface area contributed by atoms with Crippen LogP contribution in [0.3, 0.4) is 0 Å². The fraction of sp³-hybridized carbons (Fsp3) is 0.556. The summed E-state index contributed by atoms with van der Waals surface area (Å²) in [5.41, 5.74) is 2.87. The first-order valence-electron chi connectivity index (χ1n) is 8.21. The van der Waals surface area contributed by atoms with Gasteiger partial charge < -0.3 is 18.0 Å². The van der Waals surface area contributed by atoms with Crippen molar-refractivity contribution in [3.05, 3.63) is 41.6 Å². The van der Waals surface area contributed by atoms with Crippen LogP contribution in [0, 0.1) is 0 Å². The largest absolute Gasteiger partial charge is 0.529 e. The summed E-state index contributed by atoms with van der Waals surface area (Å²) in [6.07, 6.45) is 2.00. The van der Waals surface area contributed by atoms with Gasteiger partial charge in [-0.25, -0.2) is 0 Å². The summed E-state index contributed by atoms with van der Waals surface area (Å²) in [4.78, 5) is 0. The van der Waals surface area contributed by atoms with E-state index in [1.165, 1.54) is 0 Å². The van der Waals surface area contributed by atoms with E-state index >= 15 is 0 Å². The Hall–Kier alpha value is -0.983. The van der Waals surface area contributed by atoms with Crippen LogP contribution in [0.1, 0.15) is 40.2 Å². The molecular weight excluding hydrogens is 308 g/mol. The van der Waals surface area contributed by atoms with E-state index in [2.05, 4.69) is 0 Å². The summed E-state index contributed by atoms with van der Waals surface area (Å²) < 4.78 is 23.5. The van der Waals surface area contributed by atoms with E-state index in [9.17, 15) is 0 Å². The Labute approximate surface area is 141 Å². The Morgan fingerprint density at radius 3 is 2.04 bits per heavy atom. The molecule has 1 aromatic carbocycles. The van der Waals surface area contributed by atoms with E-state index in [1.54, 1.807) is 0 Å². The molecule has 1 rings (SSSR count). The van der Waals surface area contributed by atoms with Gasteiger partial charge in [-0.2, -0.15) is 0 Å². The SMILES string of the molecule is CCO[Si](C=Cc1ccccc1)(OCC)OCCOC(C)(C)C. The number of hydrogen-bond acceptors (Lipinski definition) is 4. The highest BCUT2D eigenvalue weighted by Gasteiger charge is 2.37. The van der Waals surface area contributed by atoms with Gasteiger partial charge in [0.05, 0.1) is 18.8 Å². The Bertz CT molecular complexity index is 448. The zero-order valence-corrected chi connectivity index (χ0v) is 16.0. The van der Waals surface area contributed by atoms with Crippen molar-refractivity contribution >= 4 is 14.9 Å². The molecule has 0 fully saturated rings. The predicted octanol–water partition coefficient (Wildman–Crippen LogP) is 4.08. The molecule has 0 aliphatic heterocycles. The van der Waals surface area contributed by atoms with Crippen LogP contribution in [0.4, 0.5) is 0 Å². The summed E-state index contributed by atoms with van der Waals surface area (Å²) in [7, 11) is -2.84. The number of hydrogen-bond donors (Lipinski definition) is 0. The van der Waals surface area contributed by atoms with Crippen LogP contribution < -0.4 is 0 Å². The molecule has 0 heterocycles. The molecule has 0 aliphatic carbocycles. The van der Waals surface area contributed by atoms with E-state index in [1.807, 2.05) is 76.7 Å². The summed E-state index contributed by atoms with van der Waals surface area (Å²) in [5.74, 6) is 0. The molecule has 0 aromatic heterocycles. The Morgan fingerprint density at radius 1 is 0.913 bits per heavy atom. The molecule has 0 saturated heterocycles. The van der Waals surface area contributed by atoms with Crippen molar-refractivity contribution in [2.75, 3.05) is 26.4 Å². The van der Waals surface area contributed by atoms with Crippen molar-refractivity contribution in [1.29, 1.82) is 0 Å². The highest BCUT2D eigenvalue weighted by Crippen LogP contribution is 2.15. The van der Waals surface area contributed by atoms with Gasteiger partial charge in [0, 0.05) is 13.2 Å². The van der Waals surface area contributed by atoms with Gasteiger partial charge in [-0.3, -0.25) is 0 Å². The molecule has 23 heavy (non-hydrogen) atoms. The molecule has 0 amide bonds. The first-order chi connectivity index (χ1) is 10.9. The maximum Gasteiger partial charge on any atom is 0.529 e. The minimum Gasteiger partial charge on any atom is -0.374 e. The molecule has 4 nitrogen and oxygen atoms in total. The van der Waals surface area contributed by atoms with Crippen LogP contribution in [0.5, 0.6) is 0 Å². The molecule has 0 aliphatic rings.